The van der Waals surface area contributed by atoms with Crippen LogP contribution in [0.3, 0.4) is 0 Å². The molecular formula is C14H28Cl2N2Pt. The van der Waals surface area contributed by atoms with E-state index in [0.717, 1.165) is 24.9 Å². The van der Waals surface area contributed by atoms with Crippen LogP contribution in [-0.2, 0) is 16.5 Å². The molecule has 4 atom stereocenters. The Morgan fingerprint density at radius 1 is 0.789 bits per heavy atom. The van der Waals surface area contributed by atoms with Crippen LogP contribution in [0.15, 0.2) is 0 Å². The van der Waals surface area contributed by atoms with E-state index in [2.05, 4.69) is 38.3 Å². The molecule has 2 nitrogen and oxygen atoms in total. The van der Waals surface area contributed by atoms with Crippen LogP contribution in [0, 0.1) is 11.8 Å². The number of hydrogen-bond donors (Lipinski definition) is 0. The van der Waals surface area contributed by atoms with Crippen LogP contribution < -0.4 is 0 Å². The molecule has 0 amide bonds. The number of piperidine rings is 2. The van der Waals surface area contributed by atoms with E-state index in [1.807, 2.05) is 0 Å². The van der Waals surface area contributed by atoms with E-state index < -0.39 is 16.5 Å². The summed E-state index contributed by atoms with van der Waals surface area (Å²) < 4.78 is 0. The number of rotatable bonds is 0. The van der Waals surface area contributed by atoms with E-state index in [1.165, 1.54) is 25.7 Å². The second kappa shape index (κ2) is 12.9. The maximum atomic E-state index is 4.88. The zero-order chi connectivity index (χ0) is 14.7. The van der Waals surface area contributed by atoms with Gasteiger partial charge in [0.1, 0.15) is 0 Å². The van der Waals surface area contributed by atoms with Crippen LogP contribution in [-0.4, -0.2) is 25.2 Å². The van der Waals surface area contributed by atoms with Gasteiger partial charge in [-0.2, -0.15) is 0 Å². The molecule has 2 rings (SSSR count). The molecule has 19 heavy (non-hydrogen) atoms. The van der Waals surface area contributed by atoms with Crippen LogP contribution in [0.2, 0.25) is 0 Å². The van der Waals surface area contributed by atoms with Crippen LogP contribution in [0.4, 0.5) is 0 Å². The van der Waals surface area contributed by atoms with E-state index in [4.69, 9.17) is 18.8 Å². The summed E-state index contributed by atoms with van der Waals surface area (Å²) in [5, 5.41) is 8.76. The fraction of sp³-hybridized carbons (Fsp3) is 1.00. The number of hydrogen-bond acceptors (Lipinski definition) is 0. The Kier molecular flexibility index (Phi) is 13.7. The van der Waals surface area contributed by atoms with Crippen molar-refractivity contribution in [2.45, 2.75) is 65.5 Å². The molecule has 0 unspecified atom stereocenters. The molecule has 0 radical (unpaired) electrons. The molecule has 0 aromatic heterocycles. The van der Waals surface area contributed by atoms with Gasteiger partial charge in [0.25, 0.3) is 0 Å². The van der Waals surface area contributed by atoms with Crippen molar-refractivity contribution in [3.05, 3.63) is 10.6 Å². The zero-order valence-corrected chi connectivity index (χ0v) is 16.3. The normalized spacial score (nSPS) is 34.6. The van der Waals surface area contributed by atoms with Gasteiger partial charge in [0, 0.05) is 0 Å². The van der Waals surface area contributed by atoms with Crippen LogP contribution in [0.1, 0.15) is 53.4 Å². The summed E-state index contributed by atoms with van der Waals surface area (Å²) in [4.78, 5) is 0. The Morgan fingerprint density at radius 3 is 1.26 bits per heavy atom. The first-order valence-corrected chi connectivity index (χ1v) is 12.8. The topological polar surface area (TPSA) is 28.2 Å². The van der Waals surface area contributed by atoms with Crippen molar-refractivity contribution in [1.82, 2.24) is 0 Å². The summed E-state index contributed by atoms with van der Waals surface area (Å²) in [5.41, 5.74) is 0. The third kappa shape index (κ3) is 12.6. The molecule has 0 aliphatic carbocycles. The van der Waals surface area contributed by atoms with Crippen molar-refractivity contribution in [1.29, 1.82) is 0 Å². The molecular weight excluding hydrogens is 462 g/mol. The molecule has 2 aliphatic heterocycles. The van der Waals surface area contributed by atoms with Crippen molar-refractivity contribution >= 4 is 18.8 Å². The number of nitrogens with zero attached hydrogens (tertiary/aromatic N) is 2. The Balaban J connectivity index is 0.000000284. The average molecular weight is 490 g/mol. The minimum atomic E-state index is -0.472. The Hall–Kier alpha value is 1.19. The minimum absolute atomic E-state index is 0.472. The maximum absolute atomic E-state index is 4.88. The molecule has 0 N–H and O–H groups in total. The summed E-state index contributed by atoms with van der Waals surface area (Å²) in [6, 6.07) is 1.28. The van der Waals surface area contributed by atoms with E-state index in [-0.39, 0.29) is 0 Å². The molecule has 5 heteroatoms. The monoisotopic (exact) mass is 489 g/mol. The molecule has 0 saturated carbocycles. The molecule has 0 aromatic carbocycles. The predicted octanol–water partition coefficient (Wildman–Crippen LogP) is 5.73. The predicted molar refractivity (Wildman–Crippen MR) is 83.9 cm³/mol. The molecule has 2 heterocycles. The van der Waals surface area contributed by atoms with E-state index >= 15 is 0 Å². The molecule has 0 spiro atoms. The molecule has 2 fully saturated rings. The first-order valence-electron chi connectivity index (χ1n) is 7.15. The summed E-state index contributed by atoms with van der Waals surface area (Å²) in [6.45, 7) is 11.2. The molecule has 2 saturated heterocycles. The van der Waals surface area contributed by atoms with Crippen LogP contribution in [0.25, 0.3) is 10.6 Å². The Labute approximate surface area is 136 Å². The van der Waals surface area contributed by atoms with Crippen molar-refractivity contribution in [3.63, 3.8) is 0 Å². The van der Waals surface area contributed by atoms with Gasteiger partial charge in [-0.1, -0.05) is 53.4 Å². The van der Waals surface area contributed by atoms with Gasteiger partial charge >= 0.3 is 35.3 Å². The molecule has 118 valence electrons. The third-order valence-electron chi connectivity index (χ3n) is 3.61. The molecule has 0 aromatic rings. The second-order valence-electron chi connectivity index (χ2n) is 5.81. The first kappa shape index (κ1) is 20.2. The third-order valence-corrected chi connectivity index (χ3v) is 3.61. The first-order chi connectivity index (χ1) is 8.99. The quantitative estimate of drug-likeness (QED) is 0.415. The summed E-state index contributed by atoms with van der Waals surface area (Å²) in [6.07, 6.45) is 5.23. The Bertz CT molecular complexity index is 172. The fourth-order valence-corrected chi connectivity index (χ4v) is 2.58. The summed E-state index contributed by atoms with van der Waals surface area (Å²) in [5.74, 6) is 1.84. The van der Waals surface area contributed by atoms with Gasteiger partial charge in [0.05, 0.1) is 0 Å². The zero-order valence-electron chi connectivity index (χ0n) is 12.5. The Morgan fingerprint density at radius 2 is 1.11 bits per heavy atom. The van der Waals surface area contributed by atoms with Crippen molar-refractivity contribution in [2.75, 3.05) is 13.1 Å². The average Bonchev–Trinajstić information content (AvgIpc) is 2.30. The fourth-order valence-electron chi connectivity index (χ4n) is 2.58. The van der Waals surface area contributed by atoms with Crippen molar-refractivity contribution in [3.8, 4) is 0 Å². The summed E-state index contributed by atoms with van der Waals surface area (Å²) in [7, 11) is 9.75. The van der Waals surface area contributed by atoms with Crippen molar-refractivity contribution < 1.29 is 16.5 Å². The molecule has 0 bridgehead atoms. The number of halogens is 2. The van der Waals surface area contributed by atoms with Crippen molar-refractivity contribution in [2.24, 2.45) is 11.8 Å². The van der Waals surface area contributed by atoms with Gasteiger partial charge in [0.2, 0.25) is 0 Å². The second-order valence-corrected chi connectivity index (χ2v) is 9.10. The standard InChI is InChI=1S/2C7H14N.2ClH.Pt/c2*1-6-3-4-8-7(2)5-6;;;/h2*6-7H,3-5H2,1-2H3;2*1H;/q2*-1;;;+4/p-2/t2*6-,7-;;;/m10.../s1. The van der Waals surface area contributed by atoms with E-state index in [9.17, 15) is 0 Å². The van der Waals surface area contributed by atoms with Crippen LogP contribution in [0.5, 0.6) is 0 Å². The molecule has 2 aliphatic rings. The van der Waals surface area contributed by atoms with Gasteiger partial charge in [0.15, 0.2) is 0 Å². The SMILES string of the molecule is C[C@@H]1CC[N-][C@H](C)C1.C[C@H]1CC[N-][C@@H](C)C1.[Cl][Pt+2][Cl]. The summed E-state index contributed by atoms with van der Waals surface area (Å²) >= 11 is -0.472. The van der Waals surface area contributed by atoms with Gasteiger partial charge < -0.3 is 10.6 Å². The van der Waals surface area contributed by atoms with E-state index in [0.29, 0.717) is 12.1 Å². The van der Waals surface area contributed by atoms with E-state index in [1.54, 1.807) is 0 Å². The van der Waals surface area contributed by atoms with Gasteiger partial charge in [-0.25, -0.2) is 0 Å². The van der Waals surface area contributed by atoms with Gasteiger partial charge in [-0.05, 0) is 11.8 Å². The van der Waals surface area contributed by atoms with Gasteiger partial charge in [-0.15, -0.1) is 25.2 Å². The van der Waals surface area contributed by atoms with Crippen LogP contribution >= 0.6 is 18.8 Å². The van der Waals surface area contributed by atoms with Gasteiger partial charge in [-0.3, -0.25) is 0 Å².